The lowest BCUT2D eigenvalue weighted by Crippen LogP contribution is -2.19. The number of rotatable bonds is 4. The van der Waals surface area contributed by atoms with Gasteiger partial charge in [-0.25, -0.2) is 9.18 Å². The van der Waals surface area contributed by atoms with Crippen LogP contribution in [0.15, 0.2) is 42.5 Å². The second-order valence-electron chi connectivity index (χ2n) is 4.19. The second kappa shape index (κ2) is 6.60. The van der Waals surface area contributed by atoms with Gasteiger partial charge < -0.3 is 20.1 Å². The summed E-state index contributed by atoms with van der Waals surface area (Å²) < 4.78 is 23.0. The molecule has 0 aliphatic carbocycles. The van der Waals surface area contributed by atoms with Gasteiger partial charge in [-0.3, -0.25) is 0 Å². The minimum atomic E-state index is -0.447. The van der Waals surface area contributed by atoms with E-state index in [2.05, 4.69) is 10.6 Å². The molecule has 110 valence electrons. The molecule has 2 aromatic rings. The summed E-state index contributed by atoms with van der Waals surface area (Å²) in [5.74, 6) is 0.761. The summed E-state index contributed by atoms with van der Waals surface area (Å²) in [4.78, 5) is 11.9. The Kier molecular flexibility index (Phi) is 4.61. The Labute approximate surface area is 121 Å². The fourth-order valence-corrected chi connectivity index (χ4v) is 1.71. The zero-order chi connectivity index (χ0) is 15.2. The molecule has 2 amide bonds. The Bertz CT molecular complexity index is 607. The van der Waals surface area contributed by atoms with Gasteiger partial charge in [-0.2, -0.15) is 0 Å². The number of anilines is 2. The van der Waals surface area contributed by atoms with Crippen LogP contribution in [0, 0.1) is 5.82 Å². The van der Waals surface area contributed by atoms with E-state index in [1.54, 1.807) is 18.2 Å². The highest BCUT2D eigenvalue weighted by atomic mass is 19.1. The van der Waals surface area contributed by atoms with Gasteiger partial charge in [-0.05, 0) is 24.3 Å². The molecule has 0 heterocycles. The molecular weight excluding hydrogens is 275 g/mol. The first-order chi connectivity index (χ1) is 10.1. The molecule has 0 radical (unpaired) electrons. The van der Waals surface area contributed by atoms with E-state index in [1.165, 1.54) is 38.5 Å². The van der Waals surface area contributed by atoms with Crippen LogP contribution in [0.2, 0.25) is 0 Å². The standard InChI is InChI=1S/C15H15FN2O3/c1-20-13-7-12(8-14(9-13)21-2)18-15(19)17-11-5-3-10(16)4-6-11/h3-9H,1-2H3,(H2,17,18,19). The zero-order valence-corrected chi connectivity index (χ0v) is 11.6. The summed E-state index contributed by atoms with van der Waals surface area (Å²) in [6.07, 6.45) is 0. The van der Waals surface area contributed by atoms with Crippen LogP contribution in [0.4, 0.5) is 20.6 Å². The average molecular weight is 290 g/mol. The van der Waals surface area contributed by atoms with E-state index in [-0.39, 0.29) is 5.82 Å². The van der Waals surface area contributed by atoms with Crippen molar-refractivity contribution in [2.75, 3.05) is 24.9 Å². The van der Waals surface area contributed by atoms with Gasteiger partial charge in [0.05, 0.1) is 14.2 Å². The number of carbonyl (C=O) groups is 1. The van der Waals surface area contributed by atoms with Gasteiger partial charge in [0.15, 0.2) is 0 Å². The van der Waals surface area contributed by atoms with Crippen LogP contribution in [0.3, 0.4) is 0 Å². The maximum Gasteiger partial charge on any atom is 0.323 e. The van der Waals surface area contributed by atoms with Gasteiger partial charge >= 0.3 is 6.03 Å². The van der Waals surface area contributed by atoms with Crippen molar-refractivity contribution in [3.8, 4) is 11.5 Å². The smallest absolute Gasteiger partial charge is 0.323 e. The Morgan fingerprint density at radius 2 is 1.43 bits per heavy atom. The maximum atomic E-state index is 12.8. The predicted molar refractivity (Wildman–Crippen MR) is 78.6 cm³/mol. The first kappa shape index (κ1) is 14.6. The zero-order valence-electron chi connectivity index (χ0n) is 11.6. The molecule has 0 fully saturated rings. The molecule has 5 nitrogen and oxygen atoms in total. The van der Waals surface area contributed by atoms with Crippen molar-refractivity contribution < 1.29 is 18.7 Å². The van der Waals surface area contributed by atoms with Gasteiger partial charge in [0.2, 0.25) is 0 Å². The van der Waals surface area contributed by atoms with E-state index in [9.17, 15) is 9.18 Å². The molecule has 2 N–H and O–H groups in total. The van der Waals surface area contributed by atoms with E-state index in [0.717, 1.165) is 0 Å². The third-order valence-electron chi connectivity index (χ3n) is 2.71. The average Bonchev–Trinajstić information content (AvgIpc) is 2.49. The largest absolute Gasteiger partial charge is 0.497 e. The van der Waals surface area contributed by atoms with Crippen LogP contribution in [-0.4, -0.2) is 20.3 Å². The lowest BCUT2D eigenvalue weighted by atomic mass is 10.2. The highest BCUT2D eigenvalue weighted by molar-refractivity contribution is 5.99. The van der Waals surface area contributed by atoms with Crippen molar-refractivity contribution in [1.29, 1.82) is 0 Å². The van der Waals surface area contributed by atoms with Gasteiger partial charge in [0, 0.05) is 29.6 Å². The normalized spacial score (nSPS) is 9.86. The highest BCUT2D eigenvalue weighted by Crippen LogP contribution is 2.25. The monoisotopic (exact) mass is 290 g/mol. The Morgan fingerprint density at radius 1 is 0.905 bits per heavy atom. The summed E-state index contributed by atoms with van der Waals surface area (Å²) in [5, 5.41) is 5.24. The minimum Gasteiger partial charge on any atom is -0.497 e. The number of halogens is 1. The Balaban J connectivity index is 2.06. The summed E-state index contributed by atoms with van der Waals surface area (Å²) in [5.41, 5.74) is 1.01. The molecule has 0 aromatic heterocycles. The fourth-order valence-electron chi connectivity index (χ4n) is 1.71. The van der Waals surface area contributed by atoms with Gasteiger partial charge in [-0.1, -0.05) is 0 Å². The van der Waals surface area contributed by atoms with Crippen molar-refractivity contribution in [2.24, 2.45) is 0 Å². The molecule has 2 aromatic carbocycles. The van der Waals surface area contributed by atoms with Crippen molar-refractivity contribution in [3.63, 3.8) is 0 Å². The molecule has 0 saturated carbocycles. The number of methoxy groups -OCH3 is 2. The minimum absolute atomic E-state index is 0.363. The van der Waals surface area contributed by atoms with Crippen molar-refractivity contribution >= 4 is 17.4 Å². The summed E-state index contributed by atoms with van der Waals surface area (Å²) in [6, 6.07) is 10.1. The first-order valence-electron chi connectivity index (χ1n) is 6.17. The van der Waals surface area contributed by atoms with Crippen molar-refractivity contribution in [1.82, 2.24) is 0 Å². The van der Waals surface area contributed by atoms with Crippen LogP contribution >= 0.6 is 0 Å². The number of hydrogen-bond acceptors (Lipinski definition) is 3. The summed E-state index contributed by atoms with van der Waals surface area (Å²) in [6.45, 7) is 0. The number of ether oxygens (including phenoxy) is 2. The van der Waals surface area contributed by atoms with Crippen LogP contribution in [-0.2, 0) is 0 Å². The van der Waals surface area contributed by atoms with E-state index in [4.69, 9.17) is 9.47 Å². The van der Waals surface area contributed by atoms with E-state index in [0.29, 0.717) is 22.9 Å². The van der Waals surface area contributed by atoms with Crippen LogP contribution in [0.5, 0.6) is 11.5 Å². The number of urea groups is 1. The molecular formula is C15H15FN2O3. The quantitative estimate of drug-likeness (QED) is 0.906. The molecule has 0 saturated heterocycles. The summed E-state index contributed by atoms with van der Waals surface area (Å²) in [7, 11) is 3.05. The number of carbonyl (C=O) groups excluding carboxylic acids is 1. The third-order valence-corrected chi connectivity index (χ3v) is 2.71. The maximum absolute atomic E-state index is 12.8. The molecule has 21 heavy (non-hydrogen) atoms. The van der Waals surface area contributed by atoms with Gasteiger partial charge in [-0.15, -0.1) is 0 Å². The molecule has 0 unspecified atom stereocenters. The molecule has 0 bridgehead atoms. The third kappa shape index (κ3) is 4.10. The fraction of sp³-hybridized carbons (Fsp3) is 0.133. The highest BCUT2D eigenvalue weighted by Gasteiger charge is 2.06. The van der Waals surface area contributed by atoms with Crippen LogP contribution in [0.25, 0.3) is 0 Å². The van der Waals surface area contributed by atoms with Crippen molar-refractivity contribution in [3.05, 3.63) is 48.3 Å². The predicted octanol–water partition coefficient (Wildman–Crippen LogP) is 3.49. The van der Waals surface area contributed by atoms with Gasteiger partial charge in [0.1, 0.15) is 17.3 Å². The molecule has 0 aliphatic rings. The number of nitrogens with one attached hydrogen (secondary N) is 2. The molecule has 6 heteroatoms. The number of benzene rings is 2. The molecule has 0 aliphatic heterocycles. The number of hydrogen-bond donors (Lipinski definition) is 2. The Morgan fingerprint density at radius 3 is 1.95 bits per heavy atom. The Hall–Kier alpha value is -2.76. The van der Waals surface area contributed by atoms with E-state index < -0.39 is 6.03 Å². The van der Waals surface area contributed by atoms with Crippen LogP contribution in [0.1, 0.15) is 0 Å². The summed E-state index contributed by atoms with van der Waals surface area (Å²) >= 11 is 0. The van der Waals surface area contributed by atoms with Crippen molar-refractivity contribution in [2.45, 2.75) is 0 Å². The topological polar surface area (TPSA) is 59.6 Å². The SMILES string of the molecule is COc1cc(NC(=O)Nc2ccc(F)cc2)cc(OC)c1. The molecule has 0 spiro atoms. The molecule has 2 rings (SSSR count). The molecule has 0 atom stereocenters. The lowest BCUT2D eigenvalue weighted by molar-refractivity contribution is 0.262. The van der Waals surface area contributed by atoms with Gasteiger partial charge in [0.25, 0.3) is 0 Å². The lowest BCUT2D eigenvalue weighted by Gasteiger charge is -2.10. The first-order valence-corrected chi connectivity index (χ1v) is 6.17. The van der Waals surface area contributed by atoms with Crippen LogP contribution < -0.4 is 20.1 Å². The van der Waals surface area contributed by atoms with E-state index in [1.807, 2.05) is 0 Å². The number of amides is 2. The second-order valence-corrected chi connectivity index (χ2v) is 4.19. The van der Waals surface area contributed by atoms with E-state index >= 15 is 0 Å².